The summed E-state index contributed by atoms with van der Waals surface area (Å²) in [6.45, 7) is 0.898. The molecule has 0 atom stereocenters. The molecule has 0 aliphatic carbocycles. The van der Waals surface area contributed by atoms with Crippen LogP contribution in [0.4, 0.5) is 5.13 Å². The van der Waals surface area contributed by atoms with Gasteiger partial charge in [-0.05, 0) is 37.1 Å². The first kappa shape index (κ1) is 22.2. The van der Waals surface area contributed by atoms with Gasteiger partial charge in [-0.1, -0.05) is 59.2 Å². The highest BCUT2D eigenvalue weighted by Gasteiger charge is 2.29. The van der Waals surface area contributed by atoms with E-state index in [1.165, 1.54) is 33.8 Å². The van der Waals surface area contributed by atoms with Crippen molar-refractivity contribution in [1.82, 2.24) is 14.5 Å². The Morgan fingerprint density at radius 2 is 1.74 bits per heavy atom. The van der Waals surface area contributed by atoms with E-state index in [2.05, 4.69) is 15.5 Å². The number of amides is 1. The zero-order valence-corrected chi connectivity index (χ0v) is 19.4. The molecule has 1 aliphatic rings. The van der Waals surface area contributed by atoms with E-state index in [1.54, 1.807) is 6.07 Å². The molecule has 4 rings (SSSR count). The summed E-state index contributed by atoms with van der Waals surface area (Å²) in [6.07, 6.45) is 2.61. The van der Waals surface area contributed by atoms with Gasteiger partial charge in [-0.25, -0.2) is 8.42 Å². The van der Waals surface area contributed by atoms with Crippen molar-refractivity contribution in [3.8, 4) is 10.6 Å². The van der Waals surface area contributed by atoms with Crippen molar-refractivity contribution >= 4 is 55.6 Å². The maximum atomic E-state index is 13.0. The van der Waals surface area contributed by atoms with Crippen LogP contribution in [-0.2, 0) is 10.0 Å². The van der Waals surface area contributed by atoms with Crippen molar-refractivity contribution in [2.45, 2.75) is 24.2 Å². The fraction of sp³-hybridized carbons (Fsp3) is 0.250. The van der Waals surface area contributed by atoms with Crippen molar-refractivity contribution < 1.29 is 13.2 Å². The Bertz CT molecular complexity index is 1220. The molecule has 1 fully saturated rings. The van der Waals surface area contributed by atoms with E-state index in [4.69, 9.17) is 23.2 Å². The Morgan fingerprint density at radius 3 is 2.48 bits per heavy atom. The fourth-order valence-electron chi connectivity index (χ4n) is 3.27. The first-order valence-corrected chi connectivity index (χ1v) is 12.6. The number of nitrogens with one attached hydrogen (secondary N) is 1. The summed E-state index contributed by atoms with van der Waals surface area (Å²) in [5, 5.41) is 12.2. The summed E-state index contributed by atoms with van der Waals surface area (Å²) in [7, 11) is -3.78. The normalized spacial score (nSPS) is 15.0. The van der Waals surface area contributed by atoms with Gasteiger partial charge < -0.3 is 0 Å². The number of rotatable bonds is 5. The molecule has 0 bridgehead atoms. The van der Waals surface area contributed by atoms with Crippen LogP contribution in [0.1, 0.15) is 29.6 Å². The van der Waals surface area contributed by atoms with Gasteiger partial charge >= 0.3 is 0 Å². The monoisotopic (exact) mass is 496 g/mol. The summed E-state index contributed by atoms with van der Waals surface area (Å²) >= 11 is 13.5. The number of aromatic nitrogens is 2. The van der Waals surface area contributed by atoms with E-state index >= 15 is 0 Å². The molecule has 7 nitrogen and oxygen atoms in total. The van der Waals surface area contributed by atoms with Gasteiger partial charge in [0.1, 0.15) is 4.90 Å². The van der Waals surface area contributed by atoms with E-state index in [0.29, 0.717) is 28.7 Å². The zero-order valence-electron chi connectivity index (χ0n) is 16.2. The van der Waals surface area contributed by atoms with Gasteiger partial charge in [-0.3, -0.25) is 10.1 Å². The minimum atomic E-state index is -3.78. The molecule has 11 heteroatoms. The number of nitrogens with zero attached hydrogens (tertiary/aromatic N) is 3. The summed E-state index contributed by atoms with van der Waals surface area (Å²) in [6, 6.07) is 11.4. The lowest BCUT2D eigenvalue weighted by Gasteiger charge is -2.26. The number of hydrogen-bond acceptors (Lipinski definition) is 6. The van der Waals surface area contributed by atoms with Crippen LogP contribution in [0.5, 0.6) is 0 Å². The quantitative estimate of drug-likeness (QED) is 0.539. The molecule has 31 heavy (non-hydrogen) atoms. The maximum Gasteiger partial charge on any atom is 0.257 e. The Kier molecular flexibility index (Phi) is 6.59. The molecule has 0 radical (unpaired) electrons. The van der Waals surface area contributed by atoms with Crippen molar-refractivity contribution in [2.75, 3.05) is 18.4 Å². The number of sulfonamides is 1. The molecule has 1 aliphatic heterocycles. The second-order valence-electron chi connectivity index (χ2n) is 6.96. The SMILES string of the molecule is O=C(Nc1nnc(-c2ccccc2Cl)s1)c1ccc(Cl)c(S(=O)(=O)N2CCCCC2)c1. The van der Waals surface area contributed by atoms with E-state index in [1.807, 2.05) is 18.2 Å². The third kappa shape index (κ3) is 4.75. The molecule has 0 unspecified atom stereocenters. The fourth-order valence-corrected chi connectivity index (χ4v) is 6.35. The highest BCUT2D eigenvalue weighted by molar-refractivity contribution is 7.89. The summed E-state index contributed by atoms with van der Waals surface area (Å²) in [4.78, 5) is 12.7. The van der Waals surface area contributed by atoms with E-state index < -0.39 is 15.9 Å². The van der Waals surface area contributed by atoms with Gasteiger partial charge in [-0.2, -0.15) is 4.31 Å². The van der Waals surface area contributed by atoms with Crippen LogP contribution in [0.15, 0.2) is 47.4 Å². The van der Waals surface area contributed by atoms with E-state index in [-0.39, 0.29) is 20.6 Å². The zero-order chi connectivity index (χ0) is 22.0. The number of hydrogen-bond donors (Lipinski definition) is 1. The maximum absolute atomic E-state index is 13.0. The Labute approximate surface area is 194 Å². The lowest BCUT2D eigenvalue weighted by atomic mass is 10.2. The molecule has 2 aromatic carbocycles. The van der Waals surface area contributed by atoms with Crippen LogP contribution >= 0.6 is 34.5 Å². The number of anilines is 1. The third-order valence-electron chi connectivity index (χ3n) is 4.88. The molecule has 1 N–H and O–H groups in total. The number of carbonyl (C=O) groups is 1. The highest BCUT2D eigenvalue weighted by Crippen LogP contribution is 2.32. The molecule has 3 aromatic rings. The third-order valence-corrected chi connectivity index (χ3v) is 8.46. The van der Waals surface area contributed by atoms with Gasteiger partial charge in [-0.15, -0.1) is 10.2 Å². The Morgan fingerprint density at radius 1 is 1.00 bits per heavy atom. The van der Waals surface area contributed by atoms with E-state index in [9.17, 15) is 13.2 Å². The van der Waals surface area contributed by atoms with Crippen LogP contribution in [-0.4, -0.2) is 41.9 Å². The molecule has 162 valence electrons. The smallest absolute Gasteiger partial charge is 0.257 e. The first-order valence-electron chi connectivity index (χ1n) is 9.56. The van der Waals surface area contributed by atoms with Crippen LogP contribution in [0.25, 0.3) is 10.6 Å². The standard InChI is InChI=1S/C20H18Cl2N4O3S2/c21-15-7-3-2-6-14(15)19-24-25-20(30-19)23-18(27)13-8-9-16(22)17(12-13)31(28,29)26-10-4-1-5-11-26/h2-3,6-9,12H,1,4-5,10-11H2,(H,23,25,27). The van der Waals surface area contributed by atoms with Crippen molar-refractivity contribution in [3.63, 3.8) is 0 Å². The van der Waals surface area contributed by atoms with Crippen LogP contribution < -0.4 is 5.32 Å². The van der Waals surface area contributed by atoms with Crippen molar-refractivity contribution in [2.24, 2.45) is 0 Å². The number of piperidine rings is 1. The number of halogens is 2. The highest BCUT2D eigenvalue weighted by atomic mass is 35.5. The molecule has 1 saturated heterocycles. The largest absolute Gasteiger partial charge is 0.296 e. The van der Waals surface area contributed by atoms with Crippen LogP contribution in [0.2, 0.25) is 10.0 Å². The van der Waals surface area contributed by atoms with Gasteiger partial charge in [0.15, 0.2) is 5.01 Å². The van der Waals surface area contributed by atoms with Crippen molar-refractivity contribution in [1.29, 1.82) is 0 Å². The first-order chi connectivity index (χ1) is 14.9. The van der Waals surface area contributed by atoms with Gasteiger partial charge in [0.25, 0.3) is 5.91 Å². The molecular weight excluding hydrogens is 479 g/mol. The molecule has 0 saturated carbocycles. The molecule has 0 spiro atoms. The Hall–Kier alpha value is -2.04. The Balaban J connectivity index is 1.56. The molecule has 1 amide bonds. The average Bonchev–Trinajstić information content (AvgIpc) is 3.23. The van der Waals surface area contributed by atoms with E-state index in [0.717, 1.165) is 19.3 Å². The summed E-state index contributed by atoms with van der Waals surface area (Å²) in [5.74, 6) is -0.506. The van der Waals surface area contributed by atoms with Crippen molar-refractivity contribution in [3.05, 3.63) is 58.1 Å². The predicted molar refractivity (Wildman–Crippen MR) is 122 cm³/mol. The van der Waals surface area contributed by atoms with Crippen LogP contribution in [0, 0.1) is 0 Å². The molecule has 1 aromatic heterocycles. The average molecular weight is 497 g/mol. The second-order valence-corrected chi connectivity index (χ2v) is 10.7. The predicted octanol–water partition coefficient (Wildman–Crippen LogP) is 4.94. The van der Waals surface area contributed by atoms with Crippen LogP contribution in [0.3, 0.4) is 0 Å². The lowest BCUT2D eigenvalue weighted by Crippen LogP contribution is -2.35. The summed E-state index contributed by atoms with van der Waals surface area (Å²) < 4.78 is 27.4. The summed E-state index contributed by atoms with van der Waals surface area (Å²) in [5.41, 5.74) is 0.873. The van der Waals surface area contributed by atoms with Gasteiger partial charge in [0.2, 0.25) is 15.2 Å². The topological polar surface area (TPSA) is 92.3 Å². The minimum Gasteiger partial charge on any atom is -0.296 e. The molecular formula is C20H18Cl2N4O3S2. The lowest BCUT2D eigenvalue weighted by molar-refractivity contribution is 0.102. The van der Waals surface area contributed by atoms with Gasteiger partial charge in [0, 0.05) is 24.2 Å². The second kappa shape index (κ2) is 9.22. The minimum absolute atomic E-state index is 0.0715. The van der Waals surface area contributed by atoms with Gasteiger partial charge in [0.05, 0.1) is 10.0 Å². The number of benzene rings is 2. The number of carbonyl (C=O) groups excluding carboxylic acids is 1. The molecule has 2 heterocycles.